The number of amides is 1. The Kier molecular flexibility index (Phi) is 5.78. The van der Waals surface area contributed by atoms with Gasteiger partial charge in [0.15, 0.2) is 0 Å². The Balaban J connectivity index is 1.78. The highest BCUT2D eigenvalue weighted by Crippen LogP contribution is 2.38. The molecule has 3 nitrogen and oxygen atoms in total. The molecule has 30 heavy (non-hydrogen) atoms. The number of hydrogen-bond acceptors (Lipinski definition) is 2. The van der Waals surface area contributed by atoms with E-state index in [9.17, 15) is 26.7 Å². The fourth-order valence-electron chi connectivity index (χ4n) is 2.79. The molecule has 0 aliphatic heterocycles. The molecule has 3 rings (SSSR count). The number of hydrogen-bond donors (Lipinski definition) is 1. The van der Waals surface area contributed by atoms with Gasteiger partial charge in [0, 0.05) is 5.69 Å². The third-order valence-electron chi connectivity index (χ3n) is 4.20. The number of ether oxygens (including phenoxy) is 1. The average molecular weight is 421 g/mol. The van der Waals surface area contributed by atoms with E-state index in [2.05, 4.69) is 5.32 Å². The molecule has 0 radical (unpaired) electrons. The van der Waals surface area contributed by atoms with Crippen molar-refractivity contribution < 1.29 is 31.5 Å². The standard InChI is InChI=1S/C22H16F5NO2/c1-12-3-8-16(22(25,26)27)19(11-12)30-15-6-4-14(5-7-15)28-21(29)20-17(23)9-13(2)10-18(20)24/h3-11H,1-2H3,(H,28,29). The van der Waals surface area contributed by atoms with Gasteiger partial charge in [-0.1, -0.05) is 6.07 Å². The highest BCUT2D eigenvalue weighted by molar-refractivity contribution is 6.04. The van der Waals surface area contributed by atoms with Crippen molar-refractivity contribution in [3.63, 3.8) is 0 Å². The Hall–Kier alpha value is -3.42. The molecule has 0 unspecified atom stereocenters. The Bertz CT molecular complexity index is 1070. The molecule has 0 bridgehead atoms. The van der Waals surface area contributed by atoms with Crippen LogP contribution in [0.25, 0.3) is 0 Å². The molecule has 0 atom stereocenters. The maximum absolute atomic E-state index is 13.9. The summed E-state index contributed by atoms with van der Waals surface area (Å²) in [6, 6.07) is 11.0. The van der Waals surface area contributed by atoms with Crippen LogP contribution < -0.4 is 10.1 Å². The molecule has 0 aromatic heterocycles. The fraction of sp³-hybridized carbons (Fsp3) is 0.136. The second-order valence-corrected chi connectivity index (χ2v) is 6.68. The molecule has 156 valence electrons. The number of carbonyl (C=O) groups is 1. The molecule has 3 aromatic rings. The van der Waals surface area contributed by atoms with Crippen molar-refractivity contribution in [2.24, 2.45) is 0 Å². The van der Waals surface area contributed by atoms with E-state index in [4.69, 9.17) is 4.74 Å². The molecule has 0 heterocycles. The number of nitrogens with one attached hydrogen (secondary N) is 1. The minimum Gasteiger partial charge on any atom is -0.457 e. The van der Waals surface area contributed by atoms with Crippen molar-refractivity contribution in [3.05, 3.63) is 88.5 Å². The predicted octanol–water partition coefficient (Wildman–Crippen LogP) is 6.65. The summed E-state index contributed by atoms with van der Waals surface area (Å²) in [6.45, 7) is 3.12. The first-order valence-corrected chi connectivity index (χ1v) is 8.77. The van der Waals surface area contributed by atoms with Gasteiger partial charge in [0.05, 0.1) is 5.56 Å². The van der Waals surface area contributed by atoms with E-state index in [1.54, 1.807) is 6.92 Å². The molecular formula is C22H16F5NO2. The third kappa shape index (κ3) is 4.76. The van der Waals surface area contributed by atoms with Gasteiger partial charge in [0.2, 0.25) is 0 Å². The summed E-state index contributed by atoms with van der Waals surface area (Å²) < 4.78 is 72.7. The number of benzene rings is 3. The van der Waals surface area contributed by atoms with Crippen LogP contribution in [0.5, 0.6) is 11.5 Å². The number of rotatable bonds is 4. The molecule has 8 heteroatoms. The minimum atomic E-state index is -4.58. The Labute approximate surface area is 169 Å². The zero-order valence-electron chi connectivity index (χ0n) is 15.9. The van der Waals surface area contributed by atoms with Crippen LogP contribution in [-0.4, -0.2) is 5.91 Å². The van der Waals surface area contributed by atoms with Gasteiger partial charge < -0.3 is 10.1 Å². The average Bonchev–Trinajstić information content (AvgIpc) is 2.61. The van der Waals surface area contributed by atoms with E-state index in [0.717, 1.165) is 18.2 Å². The lowest BCUT2D eigenvalue weighted by atomic mass is 10.1. The summed E-state index contributed by atoms with van der Waals surface area (Å²) in [5.41, 5.74) is -0.542. The summed E-state index contributed by atoms with van der Waals surface area (Å²) in [6.07, 6.45) is -4.58. The van der Waals surface area contributed by atoms with E-state index >= 15 is 0 Å². The van der Waals surface area contributed by atoms with Crippen LogP contribution in [0.15, 0.2) is 54.6 Å². The fourth-order valence-corrected chi connectivity index (χ4v) is 2.79. The smallest absolute Gasteiger partial charge is 0.419 e. The SMILES string of the molecule is Cc1cc(F)c(C(=O)Nc2ccc(Oc3cc(C)ccc3C(F)(F)F)cc2)c(F)c1. The summed E-state index contributed by atoms with van der Waals surface area (Å²) in [5, 5.41) is 2.34. The number of anilines is 1. The summed E-state index contributed by atoms with van der Waals surface area (Å²) in [5.74, 6) is -3.25. The highest BCUT2D eigenvalue weighted by atomic mass is 19.4. The van der Waals surface area contributed by atoms with E-state index in [-0.39, 0.29) is 17.2 Å². The molecular weight excluding hydrogens is 405 g/mol. The van der Waals surface area contributed by atoms with Crippen LogP contribution in [-0.2, 0) is 6.18 Å². The van der Waals surface area contributed by atoms with Crippen LogP contribution in [0.2, 0.25) is 0 Å². The van der Waals surface area contributed by atoms with Crippen LogP contribution in [0.3, 0.4) is 0 Å². The lowest BCUT2D eigenvalue weighted by Gasteiger charge is -2.15. The van der Waals surface area contributed by atoms with Gasteiger partial charge in [-0.25, -0.2) is 8.78 Å². The zero-order chi connectivity index (χ0) is 22.1. The van der Waals surface area contributed by atoms with Crippen molar-refractivity contribution in [1.82, 2.24) is 0 Å². The largest absolute Gasteiger partial charge is 0.457 e. The molecule has 0 fully saturated rings. The first-order chi connectivity index (χ1) is 14.0. The van der Waals surface area contributed by atoms with Crippen LogP contribution in [0.1, 0.15) is 27.0 Å². The quantitative estimate of drug-likeness (QED) is 0.479. The van der Waals surface area contributed by atoms with Crippen molar-refractivity contribution >= 4 is 11.6 Å². The molecule has 0 saturated carbocycles. The van der Waals surface area contributed by atoms with E-state index < -0.39 is 34.8 Å². The number of alkyl halides is 3. The second-order valence-electron chi connectivity index (χ2n) is 6.68. The van der Waals surface area contributed by atoms with E-state index in [1.165, 1.54) is 43.3 Å². The van der Waals surface area contributed by atoms with Gasteiger partial charge in [-0.15, -0.1) is 0 Å². The Morgan fingerprint density at radius 2 is 1.47 bits per heavy atom. The Morgan fingerprint density at radius 1 is 0.867 bits per heavy atom. The molecule has 3 aromatic carbocycles. The lowest BCUT2D eigenvalue weighted by molar-refractivity contribution is -0.138. The minimum absolute atomic E-state index is 0.0943. The van der Waals surface area contributed by atoms with Gasteiger partial charge in [-0.2, -0.15) is 13.2 Å². The number of aryl methyl sites for hydroxylation is 2. The van der Waals surface area contributed by atoms with Crippen molar-refractivity contribution in [1.29, 1.82) is 0 Å². The lowest BCUT2D eigenvalue weighted by Crippen LogP contribution is -2.16. The third-order valence-corrected chi connectivity index (χ3v) is 4.20. The van der Waals surface area contributed by atoms with E-state index in [1.807, 2.05) is 0 Å². The van der Waals surface area contributed by atoms with Crippen molar-refractivity contribution in [3.8, 4) is 11.5 Å². The molecule has 0 aliphatic rings. The first-order valence-electron chi connectivity index (χ1n) is 8.77. The Morgan fingerprint density at radius 3 is 2.03 bits per heavy atom. The van der Waals surface area contributed by atoms with Gasteiger partial charge in [0.1, 0.15) is 28.7 Å². The zero-order valence-corrected chi connectivity index (χ0v) is 15.9. The second kappa shape index (κ2) is 8.14. The molecule has 0 aliphatic carbocycles. The number of carbonyl (C=O) groups excluding carboxylic acids is 1. The van der Waals surface area contributed by atoms with Gasteiger partial charge in [-0.3, -0.25) is 4.79 Å². The molecule has 0 spiro atoms. The topological polar surface area (TPSA) is 38.3 Å². The summed E-state index contributed by atoms with van der Waals surface area (Å²) >= 11 is 0. The summed E-state index contributed by atoms with van der Waals surface area (Å²) in [7, 11) is 0. The monoisotopic (exact) mass is 421 g/mol. The highest BCUT2D eigenvalue weighted by Gasteiger charge is 2.34. The molecule has 1 amide bonds. The van der Waals surface area contributed by atoms with E-state index in [0.29, 0.717) is 11.1 Å². The van der Waals surface area contributed by atoms with Gasteiger partial charge in [0.25, 0.3) is 5.91 Å². The summed E-state index contributed by atoms with van der Waals surface area (Å²) in [4.78, 5) is 12.2. The molecule has 0 saturated heterocycles. The first kappa shape index (κ1) is 21.3. The predicted molar refractivity (Wildman–Crippen MR) is 102 cm³/mol. The van der Waals surface area contributed by atoms with Crippen LogP contribution in [0, 0.1) is 25.5 Å². The van der Waals surface area contributed by atoms with Crippen LogP contribution in [0.4, 0.5) is 27.6 Å². The maximum atomic E-state index is 13.9. The normalized spacial score (nSPS) is 11.3. The van der Waals surface area contributed by atoms with Crippen LogP contribution >= 0.6 is 0 Å². The van der Waals surface area contributed by atoms with Gasteiger partial charge in [-0.05, 0) is 73.5 Å². The van der Waals surface area contributed by atoms with Gasteiger partial charge >= 0.3 is 6.18 Å². The molecule has 1 N–H and O–H groups in total. The van der Waals surface area contributed by atoms with Crippen molar-refractivity contribution in [2.75, 3.05) is 5.32 Å². The maximum Gasteiger partial charge on any atom is 0.419 e. The number of halogens is 5. The van der Waals surface area contributed by atoms with Crippen molar-refractivity contribution in [2.45, 2.75) is 20.0 Å².